The first-order valence-electron chi connectivity index (χ1n) is 8.66. The van der Waals surface area contributed by atoms with E-state index in [9.17, 15) is 4.39 Å². The molecule has 4 nitrogen and oxygen atoms in total. The molecule has 1 aliphatic heterocycles. The second-order valence-electron chi connectivity index (χ2n) is 6.62. The molecular formula is C20H24FN3O+2. The molecular weight excluding hydrogens is 317 g/mol. The molecule has 0 radical (unpaired) electrons. The molecule has 0 aromatic heterocycles. The molecule has 0 atom stereocenters. The van der Waals surface area contributed by atoms with Crippen LogP contribution in [0, 0.1) is 17.1 Å². The van der Waals surface area contributed by atoms with Crippen LogP contribution < -0.4 is 14.5 Å². The first-order chi connectivity index (χ1) is 12.2. The lowest BCUT2D eigenvalue weighted by molar-refractivity contribution is -1.02. The number of halogens is 1. The number of piperazine rings is 1. The minimum atomic E-state index is -0.208. The minimum absolute atomic E-state index is 0.208. The number of quaternary nitrogens is 2. The van der Waals surface area contributed by atoms with Crippen LogP contribution in [0.5, 0.6) is 5.75 Å². The SMILES string of the molecule is COc1ccc(F)cc1C[NH+]1CC[NH+](Cc2ccc(C#N)cc2)CC1. The molecule has 0 aliphatic carbocycles. The van der Waals surface area contributed by atoms with E-state index in [0.717, 1.165) is 50.6 Å². The van der Waals surface area contributed by atoms with Gasteiger partial charge in [-0.25, -0.2) is 4.39 Å². The summed E-state index contributed by atoms with van der Waals surface area (Å²) in [5.41, 5.74) is 2.91. The zero-order valence-corrected chi connectivity index (χ0v) is 14.5. The topological polar surface area (TPSA) is 41.9 Å². The first kappa shape index (κ1) is 17.4. The van der Waals surface area contributed by atoms with Crippen molar-refractivity contribution in [2.75, 3.05) is 33.3 Å². The maximum absolute atomic E-state index is 13.5. The molecule has 0 amide bonds. The second-order valence-corrected chi connectivity index (χ2v) is 6.62. The number of hydrogen-bond acceptors (Lipinski definition) is 2. The van der Waals surface area contributed by atoms with Crippen molar-refractivity contribution >= 4 is 0 Å². The summed E-state index contributed by atoms with van der Waals surface area (Å²) in [6.07, 6.45) is 0. The number of ether oxygens (including phenoxy) is 1. The maximum atomic E-state index is 13.5. The predicted molar refractivity (Wildman–Crippen MR) is 92.9 cm³/mol. The van der Waals surface area contributed by atoms with Gasteiger partial charge in [0, 0.05) is 5.56 Å². The molecule has 0 spiro atoms. The number of methoxy groups -OCH3 is 1. The molecule has 1 saturated heterocycles. The number of hydrogen-bond donors (Lipinski definition) is 2. The molecule has 3 rings (SSSR count). The van der Waals surface area contributed by atoms with Gasteiger partial charge in [-0.2, -0.15) is 5.26 Å². The highest BCUT2D eigenvalue weighted by atomic mass is 19.1. The standard InChI is InChI=1S/C20H22FN3O/c1-25-20-7-6-19(21)12-18(20)15-24-10-8-23(9-11-24)14-17-4-2-16(13-22)3-5-17/h2-7,12H,8-11,14-15H2,1H3/p+2. The van der Waals surface area contributed by atoms with Crippen molar-refractivity contribution in [3.63, 3.8) is 0 Å². The van der Waals surface area contributed by atoms with Crippen molar-refractivity contribution in [3.05, 3.63) is 65.0 Å². The Bertz CT molecular complexity index is 747. The van der Waals surface area contributed by atoms with E-state index in [2.05, 4.69) is 6.07 Å². The molecule has 0 saturated carbocycles. The molecule has 0 bridgehead atoms. The Balaban J connectivity index is 1.53. The fraction of sp³-hybridized carbons (Fsp3) is 0.350. The van der Waals surface area contributed by atoms with Crippen molar-refractivity contribution in [1.82, 2.24) is 0 Å². The van der Waals surface area contributed by atoms with Crippen molar-refractivity contribution in [2.45, 2.75) is 13.1 Å². The minimum Gasteiger partial charge on any atom is -0.496 e. The number of nitrogens with zero attached hydrogens (tertiary/aromatic N) is 1. The third kappa shape index (κ3) is 4.56. The summed E-state index contributed by atoms with van der Waals surface area (Å²) in [5.74, 6) is 0.557. The van der Waals surface area contributed by atoms with Crippen LogP contribution >= 0.6 is 0 Å². The number of nitrogens with one attached hydrogen (secondary N) is 2. The highest BCUT2D eigenvalue weighted by Gasteiger charge is 2.24. The van der Waals surface area contributed by atoms with Crippen LogP contribution in [0.4, 0.5) is 4.39 Å². The van der Waals surface area contributed by atoms with E-state index in [1.165, 1.54) is 16.5 Å². The zero-order valence-electron chi connectivity index (χ0n) is 14.5. The fourth-order valence-electron chi connectivity index (χ4n) is 3.45. The molecule has 2 N–H and O–H groups in total. The smallest absolute Gasteiger partial charge is 0.127 e. The Kier molecular flexibility index (Phi) is 5.64. The van der Waals surface area contributed by atoms with Crippen LogP contribution in [0.2, 0.25) is 0 Å². The second kappa shape index (κ2) is 8.11. The van der Waals surface area contributed by atoms with Gasteiger partial charge in [0.2, 0.25) is 0 Å². The molecule has 1 heterocycles. The third-order valence-corrected chi connectivity index (χ3v) is 4.88. The van der Waals surface area contributed by atoms with Gasteiger partial charge in [-0.15, -0.1) is 0 Å². The largest absolute Gasteiger partial charge is 0.496 e. The molecule has 5 heteroatoms. The highest BCUT2D eigenvalue weighted by molar-refractivity contribution is 5.33. The summed E-state index contributed by atoms with van der Waals surface area (Å²) in [4.78, 5) is 3.02. The van der Waals surface area contributed by atoms with Crippen LogP contribution in [0.25, 0.3) is 0 Å². The predicted octanol–water partition coefficient (Wildman–Crippen LogP) is 0.190. The molecule has 2 aromatic rings. The lowest BCUT2D eigenvalue weighted by atomic mass is 10.1. The lowest BCUT2D eigenvalue weighted by Crippen LogP contribution is -3.27. The van der Waals surface area contributed by atoms with E-state index in [1.807, 2.05) is 24.3 Å². The van der Waals surface area contributed by atoms with Crippen LogP contribution in [0.3, 0.4) is 0 Å². The van der Waals surface area contributed by atoms with Crippen molar-refractivity contribution < 1.29 is 18.9 Å². The van der Waals surface area contributed by atoms with E-state index < -0.39 is 0 Å². The van der Waals surface area contributed by atoms with Crippen LogP contribution in [-0.2, 0) is 13.1 Å². The molecule has 1 aliphatic rings. The van der Waals surface area contributed by atoms with Gasteiger partial charge < -0.3 is 14.5 Å². The quantitative estimate of drug-likeness (QED) is 0.815. The van der Waals surface area contributed by atoms with E-state index in [4.69, 9.17) is 10.00 Å². The van der Waals surface area contributed by atoms with Crippen molar-refractivity contribution in [3.8, 4) is 11.8 Å². The number of benzene rings is 2. The van der Waals surface area contributed by atoms with Crippen LogP contribution in [0.1, 0.15) is 16.7 Å². The Morgan fingerprint density at radius 3 is 2.24 bits per heavy atom. The fourth-order valence-corrected chi connectivity index (χ4v) is 3.45. The summed E-state index contributed by atoms with van der Waals surface area (Å²) in [6, 6.07) is 14.7. The van der Waals surface area contributed by atoms with Crippen molar-refractivity contribution in [1.29, 1.82) is 5.26 Å². The summed E-state index contributed by atoms with van der Waals surface area (Å²) >= 11 is 0. The molecule has 130 valence electrons. The summed E-state index contributed by atoms with van der Waals surface area (Å²) in [6.45, 7) is 6.09. The Morgan fingerprint density at radius 2 is 1.64 bits per heavy atom. The van der Waals surface area contributed by atoms with E-state index in [1.54, 1.807) is 24.1 Å². The molecule has 1 fully saturated rings. The normalized spacial score (nSPS) is 20.0. The molecule has 25 heavy (non-hydrogen) atoms. The van der Waals surface area contributed by atoms with Gasteiger partial charge in [-0.05, 0) is 30.3 Å². The van der Waals surface area contributed by atoms with Gasteiger partial charge in [0.25, 0.3) is 0 Å². The summed E-state index contributed by atoms with van der Waals surface area (Å²) in [5, 5.41) is 8.86. The van der Waals surface area contributed by atoms with Crippen molar-refractivity contribution in [2.24, 2.45) is 0 Å². The Labute approximate surface area is 148 Å². The monoisotopic (exact) mass is 341 g/mol. The first-order valence-corrected chi connectivity index (χ1v) is 8.66. The maximum Gasteiger partial charge on any atom is 0.127 e. The van der Waals surface area contributed by atoms with Crippen LogP contribution in [0.15, 0.2) is 42.5 Å². The van der Waals surface area contributed by atoms with E-state index in [-0.39, 0.29) is 5.82 Å². The van der Waals surface area contributed by atoms with Gasteiger partial charge in [-0.3, -0.25) is 0 Å². The third-order valence-electron chi connectivity index (χ3n) is 4.88. The van der Waals surface area contributed by atoms with Gasteiger partial charge in [0.15, 0.2) is 0 Å². The molecule has 0 unspecified atom stereocenters. The van der Waals surface area contributed by atoms with Gasteiger partial charge in [0.05, 0.1) is 24.3 Å². The van der Waals surface area contributed by atoms with Gasteiger partial charge in [-0.1, -0.05) is 12.1 Å². The van der Waals surface area contributed by atoms with Gasteiger partial charge >= 0.3 is 0 Å². The summed E-state index contributed by atoms with van der Waals surface area (Å²) in [7, 11) is 1.63. The molecule has 2 aromatic carbocycles. The number of rotatable bonds is 5. The van der Waals surface area contributed by atoms with Crippen LogP contribution in [-0.4, -0.2) is 33.3 Å². The average Bonchev–Trinajstić information content (AvgIpc) is 2.64. The van der Waals surface area contributed by atoms with E-state index >= 15 is 0 Å². The van der Waals surface area contributed by atoms with E-state index in [0.29, 0.717) is 5.56 Å². The number of nitriles is 1. The highest BCUT2D eigenvalue weighted by Crippen LogP contribution is 2.18. The zero-order chi connectivity index (χ0) is 17.6. The lowest BCUT2D eigenvalue weighted by Gasteiger charge is -2.30. The average molecular weight is 341 g/mol. The van der Waals surface area contributed by atoms with Gasteiger partial charge in [0.1, 0.15) is 50.8 Å². The Morgan fingerprint density at radius 1 is 1.00 bits per heavy atom. The summed E-state index contributed by atoms with van der Waals surface area (Å²) < 4.78 is 18.9. The Hall–Kier alpha value is -2.42.